The van der Waals surface area contributed by atoms with Crippen molar-refractivity contribution in [2.45, 2.75) is 6.42 Å². The van der Waals surface area contributed by atoms with Gasteiger partial charge in [0.2, 0.25) is 0 Å². The van der Waals surface area contributed by atoms with E-state index in [9.17, 15) is 0 Å². The predicted molar refractivity (Wildman–Crippen MR) is 61.4 cm³/mol. The van der Waals surface area contributed by atoms with Crippen LogP contribution in [0.4, 0.5) is 0 Å². The average molecular weight is 201 g/mol. The van der Waals surface area contributed by atoms with Gasteiger partial charge in [-0.1, -0.05) is 24.3 Å². The Kier molecular flexibility index (Phi) is 2.83. The Hall–Kier alpha value is -1.61. The molecule has 0 aliphatic carbocycles. The largest absolute Gasteiger partial charge is 0.330 e. The maximum absolute atomic E-state index is 5.59. The van der Waals surface area contributed by atoms with Crippen LogP contribution in [0.2, 0.25) is 0 Å². The van der Waals surface area contributed by atoms with Crippen LogP contribution in [0, 0.1) is 0 Å². The lowest BCUT2D eigenvalue weighted by Gasteiger charge is -2.05. The zero-order valence-electron chi connectivity index (χ0n) is 8.85. The molecule has 1 aromatic carbocycles. The first-order valence-corrected chi connectivity index (χ1v) is 5.08. The van der Waals surface area contributed by atoms with Crippen LogP contribution in [-0.4, -0.2) is 16.3 Å². The number of hydrogen-bond acceptors (Lipinski definition) is 2. The van der Waals surface area contributed by atoms with Crippen LogP contribution in [0.3, 0.4) is 0 Å². The molecule has 1 heterocycles. The van der Waals surface area contributed by atoms with E-state index in [1.165, 1.54) is 11.1 Å². The molecule has 0 fully saturated rings. The molecule has 0 saturated heterocycles. The SMILES string of the molecule is Cn1cc(-c2ccccc2CCN)cn1. The second kappa shape index (κ2) is 4.28. The normalized spacial score (nSPS) is 10.5. The van der Waals surface area contributed by atoms with E-state index in [4.69, 9.17) is 5.73 Å². The van der Waals surface area contributed by atoms with Crippen molar-refractivity contribution in [1.82, 2.24) is 9.78 Å². The zero-order valence-corrected chi connectivity index (χ0v) is 8.85. The maximum Gasteiger partial charge on any atom is 0.0568 e. The lowest BCUT2D eigenvalue weighted by atomic mass is 10.0. The van der Waals surface area contributed by atoms with Crippen LogP contribution < -0.4 is 5.73 Å². The van der Waals surface area contributed by atoms with Gasteiger partial charge in [-0.3, -0.25) is 4.68 Å². The average Bonchev–Trinajstić information content (AvgIpc) is 2.66. The van der Waals surface area contributed by atoms with Gasteiger partial charge in [0.05, 0.1) is 6.20 Å². The van der Waals surface area contributed by atoms with E-state index in [1.54, 1.807) is 0 Å². The fraction of sp³-hybridized carbons (Fsp3) is 0.250. The molecule has 3 heteroatoms. The van der Waals surface area contributed by atoms with Gasteiger partial charge in [-0.25, -0.2) is 0 Å². The van der Waals surface area contributed by atoms with Gasteiger partial charge in [0, 0.05) is 18.8 Å². The number of nitrogens with two attached hydrogens (primary N) is 1. The molecule has 0 spiro atoms. The Bertz CT molecular complexity index is 446. The van der Waals surface area contributed by atoms with Crippen molar-refractivity contribution in [3.8, 4) is 11.1 Å². The summed E-state index contributed by atoms with van der Waals surface area (Å²) in [6.07, 6.45) is 4.82. The molecule has 0 amide bonds. The van der Waals surface area contributed by atoms with Crippen molar-refractivity contribution in [1.29, 1.82) is 0 Å². The minimum Gasteiger partial charge on any atom is -0.330 e. The number of aryl methyl sites for hydroxylation is 1. The van der Waals surface area contributed by atoms with Gasteiger partial charge in [-0.2, -0.15) is 5.10 Å². The van der Waals surface area contributed by atoms with Crippen LogP contribution >= 0.6 is 0 Å². The third kappa shape index (κ3) is 2.07. The first kappa shape index (κ1) is 9.93. The number of hydrogen-bond donors (Lipinski definition) is 1. The van der Waals surface area contributed by atoms with E-state index < -0.39 is 0 Å². The monoisotopic (exact) mass is 201 g/mol. The summed E-state index contributed by atoms with van der Waals surface area (Å²) in [7, 11) is 1.93. The summed E-state index contributed by atoms with van der Waals surface area (Å²) >= 11 is 0. The summed E-state index contributed by atoms with van der Waals surface area (Å²) in [5.74, 6) is 0. The number of nitrogens with zero attached hydrogens (tertiary/aromatic N) is 2. The molecule has 15 heavy (non-hydrogen) atoms. The van der Waals surface area contributed by atoms with E-state index in [0.717, 1.165) is 12.0 Å². The predicted octanol–water partition coefficient (Wildman–Crippen LogP) is 1.59. The third-order valence-corrected chi connectivity index (χ3v) is 2.45. The molecular formula is C12H15N3. The van der Waals surface area contributed by atoms with Gasteiger partial charge in [0.15, 0.2) is 0 Å². The Balaban J connectivity index is 2.42. The molecule has 2 rings (SSSR count). The smallest absolute Gasteiger partial charge is 0.0568 e. The van der Waals surface area contributed by atoms with Gasteiger partial charge in [-0.05, 0) is 24.1 Å². The molecule has 0 bridgehead atoms. The lowest BCUT2D eigenvalue weighted by Crippen LogP contribution is -2.03. The molecule has 0 unspecified atom stereocenters. The number of rotatable bonds is 3. The van der Waals surface area contributed by atoms with Crippen molar-refractivity contribution < 1.29 is 0 Å². The Morgan fingerprint density at radius 2 is 2.13 bits per heavy atom. The molecule has 78 valence electrons. The molecule has 0 saturated carbocycles. The zero-order chi connectivity index (χ0) is 10.7. The first-order chi connectivity index (χ1) is 7.31. The van der Waals surface area contributed by atoms with E-state index in [2.05, 4.69) is 17.2 Å². The van der Waals surface area contributed by atoms with Gasteiger partial charge in [0.25, 0.3) is 0 Å². The quantitative estimate of drug-likeness (QED) is 0.819. The van der Waals surface area contributed by atoms with Crippen LogP contribution in [0.25, 0.3) is 11.1 Å². The summed E-state index contributed by atoms with van der Waals surface area (Å²) in [6, 6.07) is 8.32. The minimum absolute atomic E-state index is 0.678. The van der Waals surface area contributed by atoms with Crippen molar-refractivity contribution in [2.75, 3.05) is 6.54 Å². The fourth-order valence-electron chi connectivity index (χ4n) is 1.74. The van der Waals surface area contributed by atoms with Gasteiger partial charge >= 0.3 is 0 Å². The van der Waals surface area contributed by atoms with Crippen LogP contribution in [0.1, 0.15) is 5.56 Å². The number of aromatic nitrogens is 2. The van der Waals surface area contributed by atoms with Gasteiger partial charge in [0.1, 0.15) is 0 Å². The van der Waals surface area contributed by atoms with E-state index in [-0.39, 0.29) is 0 Å². The summed E-state index contributed by atoms with van der Waals surface area (Å²) in [5.41, 5.74) is 9.26. The fourth-order valence-corrected chi connectivity index (χ4v) is 1.74. The minimum atomic E-state index is 0.678. The third-order valence-electron chi connectivity index (χ3n) is 2.45. The summed E-state index contributed by atoms with van der Waals surface area (Å²) in [6.45, 7) is 0.678. The number of benzene rings is 1. The van der Waals surface area contributed by atoms with Crippen molar-refractivity contribution in [3.63, 3.8) is 0 Å². The summed E-state index contributed by atoms with van der Waals surface area (Å²) < 4.78 is 1.81. The molecule has 3 nitrogen and oxygen atoms in total. The molecule has 0 atom stereocenters. The molecule has 0 aliphatic heterocycles. The molecule has 0 aliphatic rings. The topological polar surface area (TPSA) is 43.8 Å². The Morgan fingerprint density at radius 3 is 2.80 bits per heavy atom. The highest BCUT2D eigenvalue weighted by Gasteiger charge is 2.04. The summed E-state index contributed by atoms with van der Waals surface area (Å²) in [5, 5.41) is 4.18. The highest BCUT2D eigenvalue weighted by Crippen LogP contribution is 2.22. The van der Waals surface area contributed by atoms with Gasteiger partial charge < -0.3 is 5.73 Å². The Labute approximate surface area is 89.5 Å². The van der Waals surface area contributed by atoms with Crippen molar-refractivity contribution >= 4 is 0 Å². The van der Waals surface area contributed by atoms with Crippen molar-refractivity contribution in [3.05, 3.63) is 42.2 Å². The van der Waals surface area contributed by atoms with Crippen LogP contribution in [0.5, 0.6) is 0 Å². The molecule has 2 N–H and O–H groups in total. The highest BCUT2D eigenvalue weighted by molar-refractivity contribution is 5.65. The van der Waals surface area contributed by atoms with Crippen LogP contribution in [0.15, 0.2) is 36.7 Å². The maximum atomic E-state index is 5.59. The molecule has 0 radical (unpaired) electrons. The van der Waals surface area contributed by atoms with Crippen molar-refractivity contribution in [2.24, 2.45) is 12.8 Å². The first-order valence-electron chi connectivity index (χ1n) is 5.08. The van der Waals surface area contributed by atoms with Gasteiger partial charge in [-0.15, -0.1) is 0 Å². The highest BCUT2D eigenvalue weighted by atomic mass is 15.2. The molecular weight excluding hydrogens is 186 g/mol. The van der Waals surface area contributed by atoms with E-state index in [0.29, 0.717) is 6.54 Å². The molecule has 1 aromatic heterocycles. The summed E-state index contributed by atoms with van der Waals surface area (Å²) in [4.78, 5) is 0. The van der Waals surface area contributed by atoms with E-state index in [1.807, 2.05) is 36.3 Å². The van der Waals surface area contributed by atoms with E-state index >= 15 is 0 Å². The standard InChI is InChI=1S/C12H15N3/c1-15-9-11(8-14-15)12-5-3-2-4-10(12)6-7-13/h2-5,8-9H,6-7,13H2,1H3. The Morgan fingerprint density at radius 1 is 1.33 bits per heavy atom. The second-order valence-electron chi connectivity index (χ2n) is 3.60. The second-order valence-corrected chi connectivity index (χ2v) is 3.60. The lowest BCUT2D eigenvalue weighted by molar-refractivity contribution is 0.768. The van der Waals surface area contributed by atoms with Crippen LogP contribution in [-0.2, 0) is 13.5 Å². The molecule has 2 aromatic rings.